The number of aryl methyl sites for hydroxylation is 1. The minimum Gasteiger partial charge on any atom is -0.497 e. The number of hydrogen-bond donors (Lipinski definition) is 0. The van der Waals surface area contributed by atoms with Crippen molar-refractivity contribution in [2.45, 2.75) is 41.9 Å². The van der Waals surface area contributed by atoms with E-state index in [0.717, 1.165) is 22.4 Å². The van der Waals surface area contributed by atoms with Crippen molar-refractivity contribution in [3.63, 3.8) is 0 Å². The second-order valence-corrected chi connectivity index (χ2v) is 11.3. The molecule has 9 nitrogen and oxygen atoms in total. The first kappa shape index (κ1) is 32.1. The number of methoxy groups -OCH3 is 2. The summed E-state index contributed by atoms with van der Waals surface area (Å²) < 4.78 is 33.3. The van der Waals surface area contributed by atoms with Crippen LogP contribution in [0.15, 0.2) is 101 Å². The van der Waals surface area contributed by atoms with Gasteiger partial charge in [0.25, 0.3) is 5.56 Å². The maximum absolute atomic E-state index is 13.4. The highest BCUT2D eigenvalue weighted by Gasteiger charge is 2.42. The van der Waals surface area contributed by atoms with Gasteiger partial charge in [-0.1, -0.05) is 95.4 Å². The van der Waals surface area contributed by atoms with E-state index in [4.69, 9.17) is 23.7 Å². The minimum absolute atomic E-state index is 0.204. The summed E-state index contributed by atoms with van der Waals surface area (Å²) in [7, 11) is 3.25. The lowest BCUT2D eigenvalue weighted by Crippen LogP contribution is -2.43. The zero-order chi connectivity index (χ0) is 31.1. The van der Waals surface area contributed by atoms with E-state index in [-0.39, 0.29) is 16.7 Å². The third-order valence-electron chi connectivity index (χ3n) is 7.87. The van der Waals surface area contributed by atoms with Gasteiger partial charge >= 0.3 is 5.69 Å². The molecule has 0 spiro atoms. The second-order valence-electron chi connectivity index (χ2n) is 10.6. The number of aromatic nitrogens is 2. The summed E-state index contributed by atoms with van der Waals surface area (Å²) in [5.74, 6) is 0.746. The van der Waals surface area contributed by atoms with Gasteiger partial charge in [-0.05, 0) is 35.7 Å². The van der Waals surface area contributed by atoms with Gasteiger partial charge < -0.3 is 23.7 Å². The molecule has 1 saturated heterocycles. The minimum atomic E-state index is -0.968. The number of alkyl halides is 1. The monoisotopic (exact) mass is 712 g/mol. The van der Waals surface area contributed by atoms with Gasteiger partial charge in [-0.25, -0.2) is 4.79 Å². The summed E-state index contributed by atoms with van der Waals surface area (Å²) in [4.78, 5) is 26.0. The zero-order valence-corrected chi connectivity index (χ0v) is 27.2. The molecule has 10 heteroatoms. The Morgan fingerprint density at radius 1 is 0.886 bits per heavy atom. The molecule has 0 aliphatic carbocycles. The Kier molecular flexibility index (Phi) is 10.7. The number of rotatable bonds is 13. The van der Waals surface area contributed by atoms with Crippen molar-refractivity contribution < 1.29 is 23.7 Å². The summed E-state index contributed by atoms with van der Waals surface area (Å²) in [6.45, 7) is 2.63. The molecular weight excluding hydrogens is 675 g/mol. The maximum Gasteiger partial charge on any atom is 0.333 e. The van der Waals surface area contributed by atoms with Crippen LogP contribution in [0.5, 0.6) is 5.75 Å². The van der Waals surface area contributed by atoms with Gasteiger partial charge in [-0.15, -0.1) is 0 Å². The Bertz CT molecular complexity index is 1580. The Balaban J connectivity index is 1.53. The Hall–Kier alpha value is -3.29. The summed E-state index contributed by atoms with van der Waals surface area (Å²) in [6.07, 6.45) is 0.421. The molecule has 232 valence electrons. The predicted octanol–water partition coefficient (Wildman–Crippen LogP) is 5.05. The van der Waals surface area contributed by atoms with Gasteiger partial charge in [-0.2, -0.15) is 0 Å². The largest absolute Gasteiger partial charge is 0.497 e. The number of hydrogen-bond acceptors (Lipinski definition) is 7. The first-order valence-corrected chi connectivity index (χ1v) is 16.0. The highest BCUT2D eigenvalue weighted by atomic mass is 127. The zero-order valence-electron chi connectivity index (χ0n) is 25.1. The van der Waals surface area contributed by atoms with Crippen molar-refractivity contribution in [3.05, 3.63) is 134 Å². The van der Waals surface area contributed by atoms with E-state index in [1.54, 1.807) is 27.3 Å². The van der Waals surface area contributed by atoms with Crippen molar-refractivity contribution in [2.24, 2.45) is 0 Å². The molecule has 2 heterocycles. The molecule has 3 atom stereocenters. The van der Waals surface area contributed by atoms with E-state index < -0.39 is 29.7 Å². The van der Waals surface area contributed by atoms with E-state index in [0.29, 0.717) is 25.2 Å². The topological polar surface area (TPSA) is 90.2 Å². The molecule has 3 aromatic carbocycles. The van der Waals surface area contributed by atoms with Crippen LogP contribution in [-0.2, 0) is 29.1 Å². The van der Waals surface area contributed by atoms with Crippen molar-refractivity contribution >= 4 is 22.6 Å². The summed E-state index contributed by atoms with van der Waals surface area (Å²) in [5.41, 5.74) is 1.57. The highest BCUT2D eigenvalue weighted by molar-refractivity contribution is 14.1. The molecule has 1 fully saturated rings. The molecule has 5 rings (SSSR count). The normalized spacial score (nSPS) is 18.4. The third kappa shape index (κ3) is 6.54. The number of benzene rings is 3. The summed E-state index contributed by atoms with van der Waals surface area (Å²) in [5, 5.41) is 0. The van der Waals surface area contributed by atoms with Crippen LogP contribution in [0, 0.1) is 6.92 Å². The molecular formula is C34H37IN2O7. The lowest BCUT2D eigenvalue weighted by molar-refractivity contribution is -0.0985. The smallest absolute Gasteiger partial charge is 0.333 e. The van der Waals surface area contributed by atoms with Gasteiger partial charge in [0, 0.05) is 25.3 Å². The second kappa shape index (κ2) is 14.7. The van der Waals surface area contributed by atoms with Gasteiger partial charge in [-0.3, -0.25) is 13.9 Å². The van der Waals surface area contributed by atoms with Crippen molar-refractivity contribution in [1.82, 2.24) is 9.13 Å². The maximum atomic E-state index is 13.4. The highest BCUT2D eigenvalue weighted by Crippen LogP contribution is 2.42. The molecule has 44 heavy (non-hydrogen) atoms. The van der Waals surface area contributed by atoms with Crippen LogP contribution in [-0.4, -0.2) is 55.4 Å². The van der Waals surface area contributed by atoms with Gasteiger partial charge in [0.15, 0.2) is 6.23 Å². The van der Waals surface area contributed by atoms with E-state index >= 15 is 0 Å². The molecule has 4 aromatic rings. The van der Waals surface area contributed by atoms with E-state index in [1.807, 2.05) is 83.3 Å². The fraction of sp³-hybridized carbons (Fsp3) is 0.353. The summed E-state index contributed by atoms with van der Waals surface area (Å²) in [6, 6.07) is 28.1. The van der Waals surface area contributed by atoms with Gasteiger partial charge in [0.1, 0.15) is 17.5 Å². The molecule has 1 aromatic heterocycles. The molecule has 1 aliphatic heterocycles. The van der Waals surface area contributed by atoms with Crippen molar-refractivity contribution in [2.75, 3.05) is 34.0 Å². The van der Waals surface area contributed by atoms with Crippen LogP contribution in [0.4, 0.5) is 0 Å². The molecule has 1 aliphatic rings. The average molecular weight is 713 g/mol. The van der Waals surface area contributed by atoms with Crippen LogP contribution in [0.3, 0.4) is 0 Å². The van der Waals surface area contributed by atoms with E-state index in [2.05, 4.69) is 24.3 Å². The molecule has 0 N–H and O–H groups in total. The van der Waals surface area contributed by atoms with Crippen LogP contribution < -0.4 is 16.0 Å². The van der Waals surface area contributed by atoms with Gasteiger partial charge in [0.2, 0.25) is 0 Å². The van der Waals surface area contributed by atoms with Crippen molar-refractivity contribution in [1.29, 1.82) is 0 Å². The fourth-order valence-corrected chi connectivity index (χ4v) is 6.29. The van der Waals surface area contributed by atoms with Crippen LogP contribution in [0.1, 0.15) is 34.9 Å². The molecule has 1 unspecified atom stereocenters. The van der Waals surface area contributed by atoms with Crippen LogP contribution in [0.25, 0.3) is 0 Å². The average Bonchev–Trinajstić information content (AvgIpc) is 3.47. The Morgan fingerprint density at radius 3 is 2.07 bits per heavy atom. The lowest BCUT2D eigenvalue weighted by Gasteiger charge is -2.36. The van der Waals surface area contributed by atoms with Crippen LogP contribution in [0.2, 0.25) is 0 Å². The molecule has 0 amide bonds. The lowest BCUT2D eigenvalue weighted by atomic mass is 9.80. The van der Waals surface area contributed by atoms with Crippen LogP contribution >= 0.6 is 22.6 Å². The Labute approximate surface area is 270 Å². The van der Waals surface area contributed by atoms with E-state index in [1.165, 1.54) is 9.13 Å². The molecule has 0 radical (unpaired) electrons. The number of nitrogens with zero attached hydrogens (tertiary/aromatic N) is 2. The predicted molar refractivity (Wildman–Crippen MR) is 176 cm³/mol. The quantitative estimate of drug-likeness (QED) is 0.0831. The van der Waals surface area contributed by atoms with Gasteiger partial charge in [0.05, 0.1) is 37.6 Å². The molecule has 0 bridgehead atoms. The SMILES string of the molecule is COCCOC1C[C@H](COC(c2ccccc2)(c2ccccc2)c2ccc(OC)cc2)O[C@@H]1n1cc(C)c(=O)n(CI)c1=O. The summed E-state index contributed by atoms with van der Waals surface area (Å²) >= 11 is 2.01. The first-order chi connectivity index (χ1) is 21.4. The fourth-order valence-electron chi connectivity index (χ4n) is 5.69. The first-order valence-electron chi connectivity index (χ1n) is 14.5. The molecule has 0 saturated carbocycles. The van der Waals surface area contributed by atoms with E-state index in [9.17, 15) is 9.59 Å². The number of ether oxygens (including phenoxy) is 5. The van der Waals surface area contributed by atoms with Crippen molar-refractivity contribution in [3.8, 4) is 5.75 Å². The standard InChI is InChI=1S/C34H37IN2O7/c1-24-21-36(33(39)37(23-35)31(24)38)32-30(42-19-18-40-2)20-29(44-32)22-43-34(25-10-6-4-7-11-25,26-12-8-5-9-13-26)27-14-16-28(41-3)17-15-27/h4-17,21,29-30,32H,18-20,22-23H2,1-3H3/t29-,30?,32+/m1/s1. The Morgan fingerprint density at radius 2 is 1.50 bits per heavy atom. The third-order valence-corrected chi connectivity index (χ3v) is 8.55. The number of halogens is 1.